The number of thiazole rings is 1. The minimum absolute atomic E-state index is 0.0766. The first-order chi connectivity index (χ1) is 13.7. The van der Waals surface area contributed by atoms with Gasteiger partial charge in [-0.25, -0.2) is 4.98 Å². The van der Waals surface area contributed by atoms with Crippen molar-refractivity contribution in [3.8, 4) is 17.0 Å². The third-order valence-electron chi connectivity index (χ3n) is 4.96. The summed E-state index contributed by atoms with van der Waals surface area (Å²) in [7, 11) is 1.65. The number of ether oxygens (including phenoxy) is 1. The van der Waals surface area contributed by atoms with E-state index in [0.717, 1.165) is 42.9 Å². The number of carbonyl (C=O) groups is 1. The number of nitrogens with one attached hydrogen (secondary N) is 1. The Bertz CT molecular complexity index is 740. The SMILES string of the molecule is CCCCSN1CCC(CC(=O)Nc2nc(-c3ccc(OC)cc3)cs2)CC1. The van der Waals surface area contributed by atoms with Crippen molar-refractivity contribution < 1.29 is 9.53 Å². The molecule has 0 saturated carbocycles. The standard InChI is InChI=1S/C21H29N3O2S2/c1-3-4-13-28-24-11-9-16(10-12-24)14-20(25)23-21-22-19(15-27-21)17-5-7-18(26-2)8-6-17/h5-8,15-16H,3-4,9-14H2,1-2H3,(H,22,23,25). The summed E-state index contributed by atoms with van der Waals surface area (Å²) >= 11 is 3.44. The van der Waals surface area contributed by atoms with E-state index < -0.39 is 0 Å². The molecule has 1 aliphatic rings. The molecule has 0 spiro atoms. The second-order valence-electron chi connectivity index (χ2n) is 7.08. The molecule has 0 radical (unpaired) electrons. The summed E-state index contributed by atoms with van der Waals surface area (Å²) in [6.45, 7) is 4.41. The van der Waals surface area contributed by atoms with Crippen LogP contribution in [-0.2, 0) is 4.79 Å². The number of nitrogens with zero attached hydrogens (tertiary/aromatic N) is 2. The third kappa shape index (κ3) is 6.22. The van der Waals surface area contributed by atoms with Gasteiger partial charge in [-0.3, -0.25) is 9.10 Å². The number of amides is 1. The number of aromatic nitrogens is 1. The molecule has 0 unspecified atom stereocenters. The highest BCUT2D eigenvalue weighted by Crippen LogP contribution is 2.28. The van der Waals surface area contributed by atoms with Crippen LogP contribution in [-0.4, -0.2) is 41.1 Å². The molecule has 2 heterocycles. The smallest absolute Gasteiger partial charge is 0.226 e. The van der Waals surface area contributed by atoms with Gasteiger partial charge in [0, 0.05) is 36.2 Å². The minimum Gasteiger partial charge on any atom is -0.497 e. The van der Waals surface area contributed by atoms with E-state index in [9.17, 15) is 4.79 Å². The lowest BCUT2D eigenvalue weighted by atomic mass is 9.94. The van der Waals surface area contributed by atoms with Gasteiger partial charge in [0.1, 0.15) is 5.75 Å². The van der Waals surface area contributed by atoms with Crippen molar-refractivity contribution in [2.75, 3.05) is 31.3 Å². The summed E-state index contributed by atoms with van der Waals surface area (Å²) in [6, 6.07) is 7.79. The summed E-state index contributed by atoms with van der Waals surface area (Å²) in [5.74, 6) is 2.58. The maximum Gasteiger partial charge on any atom is 0.226 e. The number of hydrogen-bond donors (Lipinski definition) is 1. The Balaban J connectivity index is 1.43. The topological polar surface area (TPSA) is 54.5 Å². The predicted molar refractivity (Wildman–Crippen MR) is 119 cm³/mol. The van der Waals surface area contributed by atoms with Crippen molar-refractivity contribution in [2.24, 2.45) is 5.92 Å². The Morgan fingerprint density at radius 1 is 1.32 bits per heavy atom. The van der Waals surface area contributed by atoms with Crippen LogP contribution in [0, 0.1) is 5.92 Å². The molecule has 0 atom stereocenters. The fourth-order valence-corrected chi connectivity index (χ4v) is 5.12. The van der Waals surface area contributed by atoms with E-state index in [1.165, 1.54) is 29.9 Å². The van der Waals surface area contributed by atoms with Gasteiger partial charge in [0.15, 0.2) is 5.13 Å². The van der Waals surface area contributed by atoms with Crippen molar-refractivity contribution in [3.63, 3.8) is 0 Å². The number of anilines is 1. The van der Waals surface area contributed by atoms with Crippen LogP contribution >= 0.6 is 23.3 Å². The molecule has 1 N–H and O–H groups in total. The van der Waals surface area contributed by atoms with Crippen LogP contribution in [0.1, 0.15) is 39.0 Å². The van der Waals surface area contributed by atoms with Gasteiger partial charge in [0.05, 0.1) is 12.8 Å². The first-order valence-electron chi connectivity index (χ1n) is 9.95. The highest BCUT2D eigenvalue weighted by molar-refractivity contribution is 7.97. The number of methoxy groups -OCH3 is 1. The number of rotatable bonds is 9. The number of unbranched alkanes of at least 4 members (excludes halogenated alkanes) is 1. The number of piperidine rings is 1. The lowest BCUT2D eigenvalue weighted by Gasteiger charge is -2.30. The molecule has 2 aromatic rings. The molecule has 3 rings (SSSR count). The predicted octanol–water partition coefficient (Wildman–Crippen LogP) is 5.31. The van der Waals surface area contributed by atoms with Gasteiger partial charge in [0.2, 0.25) is 5.91 Å². The normalized spacial score (nSPS) is 15.5. The summed E-state index contributed by atoms with van der Waals surface area (Å²) in [5, 5.41) is 5.63. The molecule has 152 valence electrons. The van der Waals surface area contributed by atoms with Crippen molar-refractivity contribution in [1.29, 1.82) is 0 Å². The molecule has 1 aromatic heterocycles. The minimum atomic E-state index is 0.0766. The summed E-state index contributed by atoms with van der Waals surface area (Å²) in [4.78, 5) is 17.0. The largest absolute Gasteiger partial charge is 0.497 e. The monoisotopic (exact) mass is 419 g/mol. The summed E-state index contributed by atoms with van der Waals surface area (Å²) in [5.41, 5.74) is 1.89. The van der Waals surface area contributed by atoms with Crippen LogP contribution in [0.4, 0.5) is 5.13 Å². The summed E-state index contributed by atoms with van der Waals surface area (Å²) in [6.07, 6.45) is 5.31. The van der Waals surface area contributed by atoms with E-state index in [2.05, 4.69) is 21.5 Å². The van der Waals surface area contributed by atoms with E-state index in [1.807, 2.05) is 41.6 Å². The average Bonchev–Trinajstić information content (AvgIpc) is 3.18. The van der Waals surface area contributed by atoms with Crippen LogP contribution in [0.15, 0.2) is 29.6 Å². The molecule has 1 amide bonds. The molecule has 0 bridgehead atoms. The molecule has 1 aromatic carbocycles. The van der Waals surface area contributed by atoms with Gasteiger partial charge >= 0.3 is 0 Å². The van der Waals surface area contributed by atoms with Gasteiger partial charge in [-0.2, -0.15) is 0 Å². The van der Waals surface area contributed by atoms with E-state index in [4.69, 9.17) is 4.74 Å². The zero-order valence-corrected chi connectivity index (χ0v) is 18.3. The van der Waals surface area contributed by atoms with Gasteiger partial charge in [-0.05, 0) is 49.4 Å². The Labute approximate surface area is 176 Å². The third-order valence-corrected chi connectivity index (χ3v) is 6.91. The Morgan fingerprint density at radius 3 is 2.75 bits per heavy atom. The van der Waals surface area contributed by atoms with Crippen LogP contribution in [0.2, 0.25) is 0 Å². The highest BCUT2D eigenvalue weighted by Gasteiger charge is 2.22. The van der Waals surface area contributed by atoms with Crippen molar-refractivity contribution in [2.45, 2.75) is 39.0 Å². The molecule has 1 fully saturated rings. The van der Waals surface area contributed by atoms with Crippen molar-refractivity contribution in [3.05, 3.63) is 29.6 Å². The van der Waals surface area contributed by atoms with Crippen LogP contribution in [0.25, 0.3) is 11.3 Å². The second-order valence-corrected chi connectivity index (χ2v) is 9.12. The fraction of sp³-hybridized carbons (Fsp3) is 0.524. The van der Waals surface area contributed by atoms with E-state index >= 15 is 0 Å². The lowest BCUT2D eigenvalue weighted by Crippen LogP contribution is -2.30. The first kappa shape index (κ1) is 21.1. The van der Waals surface area contributed by atoms with Crippen molar-refractivity contribution >= 4 is 34.3 Å². The maximum atomic E-state index is 12.4. The number of hydrogen-bond acceptors (Lipinski definition) is 6. The quantitative estimate of drug-likeness (QED) is 0.441. The molecule has 28 heavy (non-hydrogen) atoms. The van der Waals surface area contributed by atoms with Gasteiger partial charge in [-0.15, -0.1) is 11.3 Å². The fourth-order valence-electron chi connectivity index (χ4n) is 3.24. The lowest BCUT2D eigenvalue weighted by molar-refractivity contribution is -0.117. The maximum absolute atomic E-state index is 12.4. The highest BCUT2D eigenvalue weighted by atomic mass is 32.2. The molecule has 1 saturated heterocycles. The Kier molecular flexibility index (Phi) is 8.18. The summed E-state index contributed by atoms with van der Waals surface area (Å²) < 4.78 is 7.65. The van der Waals surface area contributed by atoms with E-state index in [-0.39, 0.29) is 5.91 Å². The van der Waals surface area contributed by atoms with Crippen LogP contribution in [0.3, 0.4) is 0 Å². The second kappa shape index (κ2) is 10.8. The van der Waals surface area contributed by atoms with Gasteiger partial charge < -0.3 is 10.1 Å². The zero-order chi connectivity index (χ0) is 19.8. The number of benzene rings is 1. The van der Waals surface area contributed by atoms with Crippen LogP contribution < -0.4 is 10.1 Å². The zero-order valence-electron chi connectivity index (χ0n) is 16.6. The van der Waals surface area contributed by atoms with Gasteiger partial charge in [0.25, 0.3) is 0 Å². The van der Waals surface area contributed by atoms with Gasteiger partial charge in [-0.1, -0.05) is 25.3 Å². The number of carbonyl (C=O) groups excluding carboxylic acids is 1. The molecule has 0 aliphatic carbocycles. The Morgan fingerprint density at radius 2 is 2.07 bits per heavy atom. The molecular weight excluding hydrogens is 390 g/mol. The molecule has 1 aliphatic heterocycles. The first-order valence-corrected chi connectivity index (χ1v) is 11.8. The Hall–Kier alpha value is -1.57. The molecule has 5 nitrogen and oxygen atoms in total. The van der Waals surface area contributed by atoms with E-state index in [1.54, 1.807) is 7.11 Å². The average molecular weight is 420 g/mol. The van der Waals surface area contributed by atoms with Crippen molar-refractivity contribution in [1.82, 2.24) is 9.29 Å². The van der Waals surface area contributed by atoms with E-state index in [0.29, 0.717) is 17.5 Å². The van der Waals surface area contributed by atoms with Crippen LogP contribution in [0.5, 0.6) is 5.75 Å². The molecular formula is C21H29N3O2S2. The molecule has 7 heteroatoms.